The monoisotopic (exact) mass is 396 g/mol. The number of rotatable bonds is 9. The highest BCUT2D eigenvalue weighted by atomic mass is 35.5. The Morgan fingerprint density at radius 2 is 1.92 bits per heavy atom. The summed E-state index contributed by atoms with van der Waals surface area (Å²) in [5.74, 6) is -1.47. The minimum Gasteiger partial charge on any atom is -0.294 e. The second kappa shape index (κ2) is 9.11. The van der Waals surface area contributed by atoms with Crippen molar-refractivity contribution in [2.24, 2.45) is 0 Å². The van der Waals surface area contributed by atoms with Crippen LogP contribution < -0.4 is 5.32 Å². The molecule has 1 N–H and O–H groups in total. The van der Waals surface area contributed by atoms with Crippen molar-refractivity contribution in [2.45, 2.75) is 25.7 Å². The predicted octanol–water partition coefficient (Wildman–Crippen LogP) is 2.95. The zero-order chi connectivity index (χ0) is 19.1. The minimum absolute atomic E-state index is 0.00740. The van der Waals surface area contributed by atoms with Gasteiger partial charge < -0.3 is 0 Å². The first-order chi connectivity index (χ1) is 12.4. The molecule has 1 heterocycles. The molecule has 0 spiro atoms. The lowest BCUT2D eigenvalue weighted by atomic mass is 10.1. The smallest absolute Gasteiger partial charge is 0.293 e. The zero-order valence-corrected chi connectivity index (χ0v) is 14.9. The Labute approximate surface area is 156 Å². The van der Waals surface area contributed by atoms with Gasteiger partial charge in [0.15, 0.2) is 0 Å². The van der Waals surface area contributed by atoms with Crippen LogP contribution in [0, 0.1) is 10.1 Å². The Morgan fingerprint density at radius 1 is 1.19 bits per heavy atom. The van der Waals surface area contributed by atoms with Crippen LogP contribution in [0.15, 0.2) is 24.3 Å². The number of nitrogens with one attached hydrogen (secondary N) is 1. The largest absolute Gasteiger partial charge is 0.294 e. The Hall–Kier alpha value is -2.72. The summed E-state index contributed by atoms with van der Waals surface area (Å²) < 4.78 is 0. The number of unbranched alkanes of at least 4 members (excludes halogenated alkanes) is 1. The average molecular weight is 397 g/mol. The highest BCUT2D eigenvalue weighted by Crippen LogP contribution is 2.28. The highest BCUT2D eigenvalue weighted by Gasteiger charge is 2.17. The van der Waals surface area contributed by atoms with Gasteiger partial charge in [-0.2, -0.15) is 0 Å². The molecule has 2 aromatic rings. The van der Waals surface area contributed by atoms with Crippen molar-refractivity contribution in [2.75, 3.05) is 5.32 Å². The second-order valence-electron chi connectivity index (χ2n) is 5.16. The third kappa shape index (κ3) is 5.67. The number of carbonyl (C=O) groups excluding carboxylic acids is 3. The quantitative estimate of drug-likeness (QED) is 0.226. The summed E-state index contributed by atoms with van der Waals surface area (Å²) in [7, 11) is 0. The van der Waals surface area contributed by atoms with Crippen LogP contribution >= 0.6 is 22.9 Å². The molecule has 26 heavy (non-hydrogen) atoms. The van der Waals surface area contributed by atoms with Crippen LogP contribution in [0.5, 0.6) is 0 Å². The Morgan fingerprint density at radius 3 is 2.62 bits per heavy atom. The normalized spacial score (nSPS) is 10.3. The van der Waals surface area contributed by atoms with Gasteiger partial charge in [0.1, 0.15) is 5.01 Å². The van der Waals surface area contributed by atoms with E-state index >= 15 is 0 Å². The summed E-state index contributed by atoms with van der Waals surface area (Å²) in [6.45, 7) is 0. The van der Waals surface area contributed by atoms with Gasteiger partial charge in [-0.1, -0.05) is 23.5 Å². The summed E-state index contributed by atoms with van der Waals surface area (Å²) in [6.07, 6.45) is 0.947. The van der Waals surface area contributed by atoms with E-state index in [0.717, 1.165) is 11.3 Å². The van der Waals surface area contributed by atoms with Crippen molar-refractivity contribution in [3.05, 3.63) is 34.4 Å². The Balaban J connectivity index is 1.94. The summed E-state index contributed by atoms with van der Waals surface area (Å²) in [5, 5.41) is 20.8. The van der Waals surface area contributed by atoms with E-state index in [-0.39, 0.29) is 23.7 Å². The number of carbonyl (C=O) groups is 3. The molecule has 0 fully saturated rings. The van der Waals surface area contributed by atoms with E-state index in [0.29, 0.717) is 23.4 Å². The molecule has 0 radical (unpaired) electrons. The summed E-state index contributed by atoms with van der Waals surface area (Å²) in [6, 6.07) is 5.84. The number of nitrogens with zero attached hydrogens (tertiary/aromatic N) is 3. The van der Waals surface area contributed by atoms with Gasteiger partial charge in [-0.05, 0) is 24.4 Å². The molecule has 1 aromatic heterocycles. The van der Waals surface area contributed by atoms with E-state index in [9.17, 15) is 24.5 Å². The zero-order valence-electron chi connectivity index (χ0n) is 13.3. The maximum atomic E-state index is 11.8. The molecule has 2 rings (SSSR count). The number of amides is 1. The van der Waals surface area contributed by atoms with Gasteiger partial charge in [-0.15, -0.1) is 10.2 Å². The van der Waals surface area contributed by atoms with Crippen LogP contribution in [0.4, 0.5) is 10.8 Å². The third-order valence-electron chi connectivity index (χ3n) is 3.23. The van der Waals surface area contributed by atoms with Crippen molar-refractivity contribution >= 4 is 50.7 Å². The molecule has 0 aliphatic rings. The molecule has 0 bridgehead atoms. The number of Topliss-reactive ketones (excluding diaryl/α,β-unsaturated/α-hetero) is 1. The highest BCUT2D eigenvalue weighted by molar-refractivity contribution is 7.18. The van der Waals surface area contributed by atoms with E-state index in [1.54, 1.807) is 6.07 Å². The van der Waals surface area contributed by atoms with E-state index in [1.165, 1.54) is 18.2 Å². The van der Waals surface area contributed by atoms with Crippen molar-refractivity contribution in [1.82, 2.24) is 10.2 Å². The third-order valence-corrected chi connectivity index (χ3v) is 4.31. The maximum Gasteiger partial charge on any atom is 0.293 e. The number of hydrogen-bond donors (Lipinski definition) is 1. The maximum absolute atomic E-state index is 11.8. The van der Waals surface area contributed by atoms with Crippen LogP contribution in [0.3, 0.4) is 0 Å². The number of benzene rings is 1. The minimum atomic E-state index is -0.830. The van der Waals surface area contributed by atoms with E-state index in [4.69, 9.17) is 11.6 Å². The number of hydrogen-bond acceptors (Lipinski definition) is 8. The molecule has 0 atom stereocenters. The number of non-ortho nitro benzene ring substituents is 1. The first kappa shape index (κ1) is 19.6. The summed E-state index contributed by atoms with van der Waals surface area (Å²) in [5.41, 5.74) is 0.392. The molecule has 0 aliphatic carbocycles. The van der Waals surface area contributed by atoms with Gasteiger partial charge in [0, 0.05) is 30.5 Å². The van der Waals surface area contributed by atoms with Crippen LogP contribution in [0.25, 0.3) is 10.6 Å². The number of nitro benzene ring substituents is 1. The van der Waals surface area contributed by atoms with Gasteiger partial charge in [-0.3, -0.25) is 29.8 Å². The lowest BCUT2D eigenvalue weighted by molar-refractivity contribution is -0.384. The lowest BCUT2D eigenvalue weighted by Gasteiger charge is -2.00. The number of anilines is 1. The van der Waals surface area contributed by atoms with Crippen LogP contribution in [0.1, 0.15) is 25.7 Å². The Kier molecular flexibility index (Phi) is 6.87. The Bertz CT molecular complexity index is 854. The molecule has 0 unspecified atom stereocenters. The van der Waals surface area contributed by atoms with E-state index in [2.05, 4.69) is 15.5 Å². The number of aromatic nitrogens is 2. The van der Waals surface area contributed by atoms with E-state index in [1.807, 2.05) is 0 Å². The average Bonchev–Trinajstić information content (AvgIpc) is 3.07. The molecule has 136 valence electrons. The second-order valence-corrected chi connectivity index (χ2v) is 6.56. The number of ketones is 1. The molecule has 0 saturated carbocycles. The standard InChI is InChI=1S/C15H13ClN4O5S/c16-12(22)7-2-1-6-11(21)13(23)17-15-19-18-14(26-15)9-4-3-5-10(8-9)20(24)25/h3-5,8H,1-2,6-7H2,(H,17,19,23). The van der Waals surface area contributed by atoms with Crippen molar-refractivity contribution in [1.29, 1.82) is 0 Å². The van der Waals surface area contributed by atoms with Crippen LogP contribution in [-0.4, -0.2) is 32.1 Å². The van der Waals surface area contributed by atoms with Gasteiger partial charge in [0.25, 0.3) is 11.6 Å². The molecule has 1 aromatic carbocycles. The summed E-state index contributed by atoms with van der Waals surface area (Å²) in [4.78, 5) is 44.4. The van der Waals surface area contributed by atoms with Crippen molar-refractivity contribution in [3.63, 3.8) is 0 Å². The first-order valence-corrected chi connectivity index (χ1v) is 8.67. The van der Waals surface area contributed by atoms with Gasteiger partial charge in [-0.25, -0.2) is 0 Å². The number of halogens is 1. The van der Waals surface area contributed by atoms with Gasteiger partial charge in [0.2, 0.25) is 16.2 Å². The van der Waals surface area contributed by atoms with Gasteiger partial charge in [0.05, 0.1) is 4.92 Å². The molecule has 11 heteroatoms. The fourth-order valence-corrected chi connectivity index (χ4v) is 2.84. The van der Waals surface area contributed by atoms with Crippen LogP contribution in [0.2, 0.25) is 0 Å². The SMILES string of the molecule is O=C(Cl)CCCCC(=O)C(=O)Nc1nnc(-c2cccc([N+](=O)[O-])c2)s1. The fourth-order valence-electron chi connectivity index (χ4n) is 1.97. The molecule has 0 aliphatic heterocycles. The summed E-state index contributed by atoms with van der Waals surface area (Å²) >= 11 is 6.18. The van der Waals surface area contributed by atoms with Crippen molar-refractivity contribution in [3.8, 4) is 10.6 Å². The predicted molar refractivity (Wildman–Crippen MR) is 95.0 cm³/mol. The number of nitro groups is 1. The van der Waals surface area contributed by atoms with Gasteiger partial charge >= 0.3 is 0 Å². The molecule has 0 saturated heterocycles. The first-order valence-electron chi connectivity index (χ1n) is 7.47. The molecule has 9 nitrogen and oxygen atoms in total. The molecular formula is C15H13ClN4O5S. The molecular weight excluding hydrogens is 384 g/mol. The molecule has 1 amide bonds. The van der Waals surface area contributed by atoms with E-state index < -0.39 is 21.9 Å². The lowest BCUT2D eigenvalue weighted by Crippen LogP contribution is -2.22. The van der Waals surface area contributed by atoms with Crippen LogP contribution in [-0.2, 0) is 14.4 Å². The fraction of sp³-hybridized carbons (Fsp3) is 0.267. The van der Waals surface area contributed by atoms with Crippen molar-refractivity contribution < 1.29 is 19.3 Å². The topological polar surface area (TPSA) is 132 Å².